The standard InChI is InChI=1S/C20H18N4O3S/c1-23-17-9-14(28-2)6-7-15(17)16-10-21-24(19(25)18(16)23)11-12-4-3-5-13(8-12)22-20(26)27/h3-10,22H,11H2,1-2H3,(H,26,27). The first-order valence-corrected chi connectivity index (χ1v) is 9.81. The lowest BCUT2D eigenvalue weighted by atomic mass is 10.2. The molecule has 0 radical (unpaired) electrons. The minimum atomic E-state index is -1.13. The number of nitrogens with one attached hydrogen (secondary N) is 1. The van der Waals surface area contributed by atoms with Gasteiger partial charge in [0, 0.05) is 28.4 Å². The number of thioether (sulfide) groups is 1. The van der Waals surface area contributed by atoms with Crippen molar-refractivity contribution >= 4 is 45.3 Å². The Morgan fingerprint density at radius 3 is 2.79 bits per heavy atom. The van der Waals surface area contributed by atoms with Crippen LogP contribution in [0.5, 0.6) is 0 Å². The SMILES string of the molecule is CSc1ccc2c3cnn(Cc4cccc(NC(=O)O)c4)c(=O)c3n(C)c2c1. The van der Waals surface area contributed by atoms with Crippen LogP contribution < -0.4 is 10.9 Å². The molecule has 7 nitrogen and oxygen atoms in total. The highest BCUT2D eigenvalue weighted by Gasteiger charge is 2.14. The highest BCUT2D eigenvalue weighted by Crippen LogP contribution is 2.28. The minimum absolute atomic E-state index is 0.182. The van der Waals surface area contributed by atoms with Crippen molar-refractivity contribution in [1.29, 1.82) is 0 Å². The summed E-state index contributed by atoms with van der Waals surface area (Å²) < 4.78 is 3.31. The van der Waals surface area contributed by atoms with Crippen molar-refractivity contribution in [2.45, 2.75) is 11.4 Å². The van der Waals surface area contributed by atoms with Crippen LogP contribution in [0, 0.1) is 0 Å². The number of carboxylic acid groups (broad SMARTS) is 1. The number of hydrogen-bond donors (Lipinski definition) is 2. The Labute approximate surface area is 164 Å². The fourth-order valence-corrected chi connectivity index (χ4v) is 3.85. The molecule has 142 valence electrons. The Kier molecular flexibility index (Phi) is 4.56. The second kappa shape index (κ2) is 7.05. The molecule has 2 aromatic carbocycles. The number of aryl methyl sites for hydroxylation is 1. The van der Waals surface area contributed by atoms with E-state index in [0.717, 1.165) is 26.7 Å². The van der Waals surface area contributed by atoms with Crippen molar-refractivity contribution in [2.24, 2.45) is 7.05 Å². The van der Waals surface area contributed by atoms with E-state index in [1.807, 2.05) is 36.1 Å². The van der Waals surface area contributed by atoms with E-state index in [4.69, 9.17) is 5.11 Å². The maximum absolute atomic E-state index is 13.1. The Morgan fingerprint density at radius 1 is 1.21 bits per heavy atom. The van der Waals surface area contributed by atoms with Gasteiger partial charge in [0.2, 0.25) is 0 Å². The van der Waals surface area contributed by atoms with Crippen molar-refractivity contribution in [1.82, 2.24) is 14.3 Å². The zero-order valence-corrected chi connectivity index (χ0v) is 16.2. The number of nitrogens with zero attached hydrogens (tertiary/aromatic N) is 3. The van der Waals surface area contributed by atoms with Gasteiger partial charge in [-0.1, -0.05) is 18.2 Å². The molecule has 2 N–H and O–H groups in total. The molecular formula is C20H18N4O3S. The van der Waals surface area contributed by atoms with Gasteiger partial charge < -0.3 is 9.67 Å². The Morgan fingerprint density at radius 2 is 2.04 bits per heavy atom. The van der Waals surface area contributed by atoms with E-state index in [9.17, 15) is 9.59 Å². The number of fused-ring (bicyclic) bond motifs is 3. The molecule has 0 saturated carbocycles. The van der Waals surface area contributed by atoms with Crippen LogP contribution in [-0.2, 0) is 13.6 Å². The van der Waals surface area contributed by atoms with E-state index in [2.05, 4.69) is 16.5 Å². The van der Waals surface area contributed by atoms with E-state index in [0.29, 0.717) is 11.2 Å². The van der Waals surface area contributed by atoms with Gasteiger partial charge in [-0.2, -0.15) is 5.10 Å². The molecule has 28 heavy (non-hydrogen) atoms. The average molecular weight is 394 g/mol. The zero-order valence-electron chi connectivity index (χ0n) is 15.3. The van der Waals surface area contributed by atoms with Crippen LogP contribution in [0.2, 0.25) is 0 Å². The van der Waals surface area contributed by atoms with Gasteiger partial charge in [-0.05, 0) is 36.1 Å². The zero-order chi connectivity index (χ0) is 19.8. The first-order valence-electron chi connectivity index (χ1n) is 8.59. The first-order chi connectivity index (χ1) is 13.5. The van der Waals surface area contributed by atoms with Crippen LogP contribution in [0.25, 0.3) is 21.8 Å². The van der Waals surface area contributed by atoms with Crippen molar-refractivity contribution in [3.8, 4) is 0 Å². The van der Waals surface area contributed by atoms with Crippen molar-refractivity contribution in [3.05, 3.63) is 64.6 Å². The summed E-state index contributed by atoms with van der Waals surface area (Å²) in [4.78, 5) is 25.1. The van der Waals surface area contributed by atoms with Gasteiger partial charge in [-0.15, -0.1) is 11.8 Å². The van der Waals surface area contributed by atoms with Crippen LogP contribution in [-0.4, -0.2) is 31.8 Å². The van der Waals surface area contributed by atoms with Gasteiger partial charge in [-0.25, -0.2) is 9.48 Å². The molecule has 0 atom stereocenters. The summed E-state index contributed by atoms with van der Waals surface area (Å²) in [6, 6.07) is 13.1. The Balaban J connectivity index is 1.80. The summed E-state index contributed by atoms with van der Waals surface area (Å²) in [7, 11) is 1.89. The summed E-state index contributed by atoms with van der Waals surface area (Å²) >= 11 is 1.66. The van der Waals surface area contributed by atoms with Gasteiger partial charge in [-0.3, -0.25) is 10.1 Å². The number of rotatable bonds is 4. The van der Waals surface area contributed by atoms with Crippen LogP contribution in [0.15, 0.2) is 58.4 Å². The summed E-state index contributed by atoms with van der Waals surface area (Å²) in [5.41, 5.74) is 2.64. The molecule has 4 aromatic rings. The van der Waals surface area contributed by atoms with Gasteiger partial charge in [0.15, 0.2) is 0 Å². The molecule has 0 saturated heterocycles. The van der Waals surface area contributed by atoms with Crippen molar-refractivity contribution < 1.29 is 9.90 Å². The van der Waals surface area contributed by atoms with Crippen LogP contribution >= 0.6 is 11.8 Å². The van der Waals surface area contributed by atoms with Gasteiger partial charge >= 0.3 is 6.09 Å². The lowest BCUT2D eigenvalue weighted by Crippen LogP contribution is -2.24. The highest BCUT2D eigenvalue weighted by atomic mass is 32.2. The maximum atomic E-state index is 13.1. The quantitative estimate of drug-likeness (QED) is 0.515. The third-order valence-electron chi connectivity index (χ3n) is 4.72. The third kappa shape index (κ3) is 3.11. The van der Waals surface area contributed by atoms with E-state index in [1.54, 1.807) is 36.2 Å². The average Bonchev–Trinajstić information content (AvgIpc) is 2.96. The molecule has 2 aromatic heterocycles. The predicted octanol–water partition coefficient (Wildman–Crippen LogP) is 3.75. The highest BCUT2D eigenvalue weighted by molar-refractivity contribution is 7.98. The van der Waals surface area contributed by atoms with E-state index in [1.165, 1.54) is 4.68 Å². The van der Waals surface area contributed by atoms with Gasteiger partial charge in [0.25, 0.3) is 5.56 Å². The first kappa shape index (κ1) is 18.1. The molecule has 0 aliphatic heterocycles. The molecule has 0 bridgehead atoms. The number of carbonyl (C=O) groups is 1. The summed E-state index contributed by atoms with van der Waals surface area (Å²) in [6.45, 7) is 0.251. The molecule has 0 aliphatic rings. The molecule has 0 spiro atoms. The number of aromatic nitrogens is 3. The van der Waals surface area contributed by atoms with E-state index >= 15 is 0 Å². The number of hydrogen-bond acceptors (Lipinski definition) is 4. The predicted molar refractivity (Wildman–Crippen MR) is 111 cm³/mol. The largest absolute Gasteiger partial charge is 0.465 e. The van der Waals surface area contributed by atoms with Crippen LogP contribution in [0.4, 0.5) is 10.5 Å². The maximum Gasteiger partial charge on any atom is 0.409 e. The Hall–Kier alpha value is -3.26. The van der Waals surface area contributed by atoms with Crippen molar-refractivity contribution in [3.63, 3.8) is 0 Å². The van der Waals surface area contributed by atoms with Gasteiger partial charge in [0.1, 0.15) is 5.52 Å². The van der Waals surface area contributed by atoms with E-state index in [-0.39, 0.29) is 12.1 Å². The minimum Gasteiger partial charge on any atom is -0.465 e. The summed E-state index contributed by atoms with van der Waals surface area (Å²) in [6.07, 6.45) is 2.61. The fraction of sp³-hybridized carbons (Fsp3) is 0.150. The number of benzene rings is 2. The summed E-state index contributed by atoms with van der Waals surface area (Å²) in [5, 5.41) is 17.4. The molecule has 0 fully saturated rings. The third-order valence-corrected chi connectivity index (χ3v) is 5.45. The fourth-order valence-electron chi connectivity index (χ4n) is 3.42. The lowest BCUT2D eigenvalue weighted by molar-refractivity contribution is 0.210. The summed E-state index contributed by atoms with van der Waals surface area (Å²) in [5.74, 6) is 0. The molecule has 4 rings (SSSR count). The van der Waals surface area contributed by atoms with Gasteiger partial charge in [0.05, 0.1) is 18.3 Å². The second-order valence-corrected chi connectivity index (χ2v) is 7.32. The second-order valence-electron chi connectivity index (χ2n) is 6.44. The Bertz CT molecular complexity index is 1280. The molecule has 8 heteroatoms. The lowest BCUT2D eigenvalue weighted by Gasteiger charge is -2.07. The van der Waals surface area contributed by atoms with E-state index < -0.39 is 6.09 Å². The van der Waals surface area contributed by atoms with Crippen LogP contribution in [0.1, 0.15) is 5.56 Å². The topological polar surface area (TPSA) is 89.2 Å². The molecular weight excluding hydrogens is 376 g/mol. The smallest absolute Gasteiger partial charge is 0.409 e. The molecule has 0 aliphatic carbocycles. The monoisotopic (exact) mass is 394 g/mol. The van der Waals surface area contributed by atoms with Crippen molar-refractivity contribution in [2.75, 3.05) is 11.6 Å². The van der Waals surface area contributed by atoms with Crippen LogP contribution in [0.3, 0.4) is 0 Å². The number of amides is 1. The number of anilines is 1. The molecule has 0 unspecified atom stereocenters. The molecule has 2 heterocycles. The normalized spacial score (nSPS) is 11.2. The molecule has 1 amide bonds.